The number of aliphatic imine (C=N–C) groups is 1. The first-order valence-electron chi connectivity index (χ1n) is 9.70. The van der Waals surface area contributed by atoms with E-state index >= 15 is 0 Å². The number of thiophene rings is 1. The molecule has 1 aliphatic heterocycles. The fourth-order valence-electron chi connectivity index (χ4n) is 3.31. The molecule has 3 rings (SSSR count). The SMILES string of the molecule is CN=C(NCCN1CCN(Cc2ccccc2)CC1)NCc1sccc1C.I. The number of hydrogen-bond acceptors (Lipinski definition) is 4. The van der Waals surface area contributed by atoms with Crippen molar-refractivity contribution < 1.29 is 0 Å². The first-order valence-corrected chi connectivity index (χ1v) is 10.6. The molecule has 5 nitrogen and oxygen atoms in total. The summed E-state index contributed by atoms with van der Waals surface area (Å²) >= 11 is 1.79. The van der Waals surface area contributed by atoms with Crippen molar-refractivity contribution in [1.82, 2.24) is 20.4 Å². The van der Waals surface area contributed by atoms with Crippen LogP contribution in [0.1, 0.15) is 16.0 Å². The lowest BCUT2D eigenvalue weighted by Gasteiger charge is -2.34. The van der Waals surface area contributed by atoms with Gasteiger partial charge in [-0.2, -0.15) is 0 Å². The fourth-order valence-corrected chi connectivity index (χ4v) is 4.16. The summed E-state index contributed by atoms with van der Waals surface area (Å²) in [6.45, 7) is 10.6. The Kier molecular flexibility index (Phi) is 10.3. The van der Waals surface area contributed by atoms with Crippen LogP contribution in [-0.4, -0.2) is 62.1 Å². The van der Waals surface area contributed by atoms with Crippen LogP contribution >= 0.6 is 35.3 Å². The number of aryl methyl sites for hydroxylation is 1. The predicted molar refractivity (Wildman–Crippen MR) is 131 cm³/mol. The highest BCUT2D eigenvalue weighted by Crippen LogP contribution is 2.14. The number of nitrogens with one attached hydrogen (secondary N) is 2. The molecule has 2 N–H and O–H groups in total. The van der Waals surface area contributed by atoms with E-state index in [4.69, 9.17) is 0 Å². The van der Waals surface area contributed by atoms with E-state index in [0.29, 0.717) is 0 Å². The smallest absolute Gasteiger partial charge is 0.191 e. The van der Waals surface area contributed by atoms with Gasteiger partial charge in [0.25, 0.3) is 0 Å². The number of guanidine groups is 1. The first-order chi connectivity index (χ1) is 13.2. The average molecular weight is 513 g/mol. The Morgan fingerprint density at radius 2 is 1.75 bits per heavy atom. The molecule has 0 spiro atoms. The molecule has 1 aromatic carbocycles. The second kappa shape index (κ2) is 12.4. The van der Waals surface area contributed by atoms with E-state index < -0.39 is 0 Å². The predicted octanol–water partition coefficient (Wildman–Crippen LogP) is 3.16. The summed E-state index contributed by atoms with van der Waals surface area (Å²) in [4.78, 5) is 10.8. The molecule has 0 atom stereocenters. The van der Waals surface area contributed by atoms with Crippen LogP contribution in [0, 0.1) is 6.92 Å². The van der Waals surface area contributed by atoms with Crippen LogP contribution in [0.2, 0.25) is 0 Å². The molecular formula is C21H32IN5S. The monoisotopic (exact) mass is 513 g/mol. The standard InChI is InChI=1S/C21H31N5S.HI/c1-18-8-15-27-20(18)16-24-21(22-2)23-9-10-25-11-13-26(14-12-25)17-19-6-4-3-5-7-19;/h3-8,15H,9-14,16-17H2,1-2H3,(H2,22,23,24);1H. The molecule has 2 aromatic rings. The third-order valence-corrected chi connectivity index (χ3v) is 6.07. The van der Waals surface area contributed by atoms with E-state index in [9.17, 15) is 0 Å². The number of rotatable bonds is 7. The lowest BCUT2D eigenvalue weighted by Crippen LogP contribution is -2.48. The summed E-state index contributed by atoms with van der Waals surface area (Å²) in [6, 6.07) is 12.9. The first kappa shape index (κ1) is 23.1. The molecule has 0 bridgehead atoms. The van der Waals surface area contributed by atoms with E-state index in [1.54, 1.807) is 11.3 Å². The topological polar surface area (TPSA) is 42.9 Å². The van der Waals surface area contributed by atoms with Crippen LogP contribution in [0.15, 0.2) is 46.8 Å². The van der Waals surface area contributed by atoms with Crippen molar-refractivity contribution in [3.05, 3.63) is 57.8 Å². The van der Waals surface area contributed by atoms with Crippen LogP contribution in [0.25, 0.3) is 0 Å². The van der Waals surface area contributed by atoms with Crippen molar-refractivity contribution in [1.29, 1.82) is 0 Å². The van der Waals surface area contributed by atoms with Gasteiger partial charge in [0, 0.05) is 57.7 Å². The van der Waals surface area contributed by atoms with Gasteiger partial charge in [-0.25, -0.2) is 0 Å². The van der Waals surface area contributed by atoms with Crippen LogP contribution in [-0.2, 0) is 13.1 Å². The molecule has 0 unspecified atom stereocenters. The van der Waals surface area contributed by atoms with E-state index in [2.05, 4.69) is 74.1 Å². The summed E-state index contributed by atoms with van der Waals surface area (Å²) in [7, 11) is 1.83. The van der Waals surface area contributed by atoms with Gasteiger partial charge in [0.15, 0.2) is 5.96 Å². The van der Waals surface area contributed by atoms with Gasteiger partial charge >= 0.3 is 0 Å². The zero-order valence-corrected chi connectivity index (χ0v) is 20.0. The lowest BCUT2D eigenvalue weighted by molar-refractivity contribution is 0.129. The molecule has 0 radical (unpaired) electrons. The quantitative estimate of drug-likeness (QED) is 0.339. The maximum Gasteiger partial charge on any atom is 0.191 e. The Morgan fingerprint density at radius 1 is 1.04 bits per heavy atom. The van der Waals surface area contributed by atoms with Crippen LogP contribution in [0.3, 0.4) is 0 Å². The molecule has 1 aliphatic rings. The van der Waals surface area contributed by atoms with Crippen molar-refractivity contribution >= 4 is 41.3 Å². The highest BCUT2D eigenvalue weighted by atomic mass is 127. The van der Waals surface area contributed by atoms with Gasteiger partial charge in [-0.05, 0) is 29.5 Å². The normalized spacial score (nSPS) is 15.9. The molecule has 1 aromatic heterocycles. The molecule has 0 amide bonds. The molecule has 1 fully saturated rings. The Labute approximate surface area is 190 Å². The van der Waals surface area contributed by atoms with E-state index in [-0.39, 0.29) is 24.0 Å². The van der Waals surface area contributed by atoms with E-state index in [1.807, 2.05) is 7.05 Å². The average Bonchev–Trinajstić information content (AvgIpc) is 3.11. The molecule has 2 heterocycles. The Balaban J connectivity index is 0.00000280. The lowest BCUT2D eigenvalue weighted by atomic mass is 10.2. The van der Waals surface area contributed by atoms with Crippen molar-refractivity contribution in [2.45, 2.75) is 20.0 Å². The van der Waals surface area contributed by atoms with Crippen molar-refractivity contribution in [3.63, 3.8) is 0 Å². The zero-order chi connectivity index (χ0) is 18.9. The fraction of sp³-hybridized carbons (Fsp3) is 0.476. The molecular weight excluding hydrogens is 481 g/mol. The van der Waals surface area contributed by atoms with Crippen LogP contribution in [0.4, 0.5) is 0 Å². The maximum atomic E-state index is 4.33. The largest absolute Gasteiger partial charge is 0.355 e. The minimum absolute atomic E-state index is 0. The van der Waals surface area contributed by atoms with Gasteiger partial charge < -0.3 is 10.6 Å². The number of piperazine rings is 1. The van der Waals surface area contributed by atoms with Crippen LogP contribution in [0.5, 0.6) is 0 Å². The number of halogens is 1. The molecule has 0 aliphatic carbocycles. The Morgan fingerprint density at radius 3 is 2.39 bits per heavy atom. The second-order valence-corrected chi connectivity index (χ2v) is 7.98. The molecule has 1 saturated heterocycles. The highest BCUT2D eigenvalue weighted by Gasteiger charge is 2.16. The highest BCUT2D eigenvalue weighted by molar-refractivity contribution is 14.0. The summed E-state index contributed by atoms with van der Waals surface area (Å²) in [5.74, 6) is 0.880. The molecule has 28 heavy (non-hydrogen) atoms. The summed E-state index contributed by atoms with van der Waals surface area (Å²) in [6.07, 6.45) is 0. The van der Waals surface area contributed by atoms with Gasteiger partial charge in [-0.3, -0.25) is 14.8 Å². The third kappa shape index (κ3) is 7.35. The van der Waals surface area contributed by atoms with E-state index in [1.165, 1.54) is 16.0 Å². The maximum absolute atomic E-state index is 4.33. The molecule has 7 heteroatoms. The van der Waals surface area contributed by atoms with Gasteiger partial charge in [-0.1, -0.05) is 30.3 Å². The van der Waals surface area contributed by atoms with Gasteiger partial charge in [0.05, 0.1) is 6.54 Å². The second-order valence-electron chi connectivity index (χ2n) is 6.98. The minimum Gasteiger partial charge on any atom is -0.355 e. The Bertz CT molecular complexity index is 711. The summed E-state index contributed by atoms with van der Waals surface area (Å²) < 4.78 is 0. The molecule has 154 valence electrons. The van der Waals surface area contributed by atoms with Crippen molar-refractivity contribution in [3.8, 4) is 0 Å². The third-order valence-electron chi connectivity index (χ3n) is 5.04. The van der Waals surface area contributed by atoms with Gasteiger partial charge in [-0.15, -0.1) is 35.3 Å². The molecule has 0 saturated carbocycles. The van der Waals surface area contributed by atoms with Gasteiger partial charge in [0.2, 0.25) is 0 Å². The number of benzene rings is 1. The zero-order valence-electron chi connectivity index (χ0n) is 16.9. The van der Waals surface area contributed by atoms with Crippen molar-refractivity contribution in [2.75, 3.05) is 46.3 Å². The number of nitrogens with zero attached hydrogens (tertiary/aromatic N) is 3. The van der Waals surface area contributed by atoms with Crippen molar-refractivity contribution in [2.24, 2.45) is 4.99 Å². The Hall–Kier alpha value is -1.16. The number of hydrogen-bond donors (Lipinski definition) is 2. The van der Waals surface area contributed by atoms with Crippen LogP contribution < -0.4 is 10.6 Å². The minimum atomic E-state index is 0. The summed E-state index contributed by atoms with van der Waals surface area (Å²) in [5.41, 5.74) is 2.75. The van der Waals surface area contributed by atoms with Gasteiger partial charge in [0.1, 0.15) is 0 Å². The van der Waals surface area contributed by atoms with E-state index in [0.717, 1.165) is 58.3 Å². The summed E-state index contributed by atoms with van der Waals surface area (Å²) in [5, 5.41) is 8.98.